The van der Waals surface area contributed by atoms with E-state index in [4.69, 9.17) is 4.74 Å². The quantitative estimate of drug-likeness (QED) is 0.872. The molecule has 0 aliphatic carbocycles. The van der Waals surface area contributed by atoms with Gasteiger partial charge in [0.1, 0.15) is 5.82 Å². The molecule has 1 aliphatic rings. The van der Waals surface area contributed by atoms with Gasteiger partial charge in [-0.25, -0.2) is 4.39 Å². The Kier molecular flexibility index (Phi) is 4.13. The summed E-state index contributed by atoms with van der Waals surface area (Å²) < 4.78 is 18.7. The van der Waals surface area contributed by atoms with E-state index < -0.39 is 0 Å². The SMILES string of the molecule is CNC(c1cccc(F)c1)C1CCOCC1C. The summed E-state index contributed by atoms with van der Waals surface area (Å²) in [5.74, 6) is 0.850. The first-order chi connectivity index (χ1) is 8.22. The Morgan fingerprint density at radius 2 is 2.29 bits per heavy atom. The summed E-state index contributed by atoms with van der Waals surface area (Å²) in [5.41, 5.74) is 1.03. The number of hydrogen-bond acceptors (Lipinski definition) is 2. The Morgan fingerprint density at radius 3 is 2.94 bits per heavy atom. The van der Waals surface area contributed by atoms with Gasteiger partial charge in [-0.15, -0.1) is 0 Å². The lowest BCUT2D eigenvalue weighted by atomic mass is 9.80. The number of benzene rings is 1. The zero-order valence-corrected chi connectivity index (χ0v) is 10.4. The number of hydrogen-bond donors (Lipinski definition) is 1. The predicted molar refractivity (Wildman–Crippen MR) is 66.3 cm³/mol. The molecule has 2 rings (SSSR count). The molecule has 17 heavy (non-hydrogen) atoms. The zero-order chi connectivity index (χ0) is 12.3. The van der Waals surface area contributed by atoms with Crippen molar-refractivity contribution in [2.45, 2.75) is 19.4 Å². The molecular formula is C14H20FNO. The van der Waals surface area contributed by atoms with Gasteiger partial charge in [0, 0.05) is 19.3 Å². The highest BCUT2D eigenvalue weighted by Crippen LogP contribution is 2.33. The molecule has 0 amide bonds. The Labute approximate surface area is 102 Å². The van der Waals surface area contributed by atoms with Crippen molar-refractivity contribution in [2.24, 2.45) is 11.8 Å². The standard InChI is InChI=1S/C14H20FNO/c1-10-9-17-7-6-13(10)14(16-2)11-4-3-5-12(15)8-11/h3-5,8,10,13-14,16H,6-7,9H2,1-2H3. The van der Waals surface area contributed by atoms with Crippen LogP contribution in [-0.2, 0) is 4.74 Å². The number of nitrogens with one attached hydrogen (secondary N) is 1. The molecule has 0 spiro atoms. The van der Waals surface area contributed by atoms with E-state index in [1.54, 1.807) is 12.1 Å². The third-order valence-corrected chi connectivity index (χ3v) is 3.65. The van der Waals surface area contributed by atoms with Crippen LogP contribution in [0.3, 0.4) is 0 Å². The number of halogens is 1. The van der Waals surface area contributed by atoms with Crippen molar-refractivity contribution in [3.05, 3.63) is 35.6 Å². The second-order valence-electron chi connectivity index (χ2n) is 4.83. The zero-order valence-electron chi connectivity index (χ0n) is 10.4. The van der Waals surface area contributed by atoms with Crippen LogP contribution in [0.15, 0.2) is 24.3 Å². The van der Waals surface area contributed by atoms with E-state index in [0.29, 0.717) is 11.8 Å². The van der Waals surface area contributed by atoms with Gasteiger partial charge < -0.3 is 10.1 Å². The highest BCUT2D eigenvalue weighted by Gasteiger charge is 2.29. The van der Waals surface area contributed by atoms with Crippen LogP contribution in [-0.4, -0.2) is 20.3 Å². The molecule has 0 aromatic heterocycles. The van der Waals surface area contributed by atoms with E-state index >= 15 is 0 Å². The van der Waals surface area contributed by atoms with E-state index in [1.165, 1.54) is 6.07 Å². The third-order valence-electron chi connectivity index (χ3n) is 3.65. The van der Waals surface area contributed by atoms with Crippen molar-refractivity contribution in [3.8, 4) is 0 Å². The van der Waals surface area contributed by atoms with Gasteiger partial charge in [0.15, 0.2) is 0 Å². The van der Waals surface area contributed by atoms with Gasteiger partial charge in [-0.2, -0.15) is 0 Å². The average Bonchev–Trinajstić information content (AvgIpc) is 2.33. The maximum absolute atomic E-state index is 13.3. The van der Waals surface area contributed by atoms with Crippen LogP contribution in [0, 0.1) is 17.7 Å². The average molecular weight is 237 g/mol. The molecule has 1 aromatic rings. The molecule has 3 heteroatoms. The van der Waals surface area contributed by atoms with E-state index in [9.17, 15) is 4.39 Å². The summed E-state index contributed by atoms with van der Waals surface area (Å²) in [6.45, 7) is 3.81. The second-order valence-corrected chi connectivity index (χ2v) is 4.83. The summed E-state index contributed by atoms with van der Waals surface area (Å²) in [7, 11) is 1.94. The molecule has 0 radical (unpaired) electrons. The maximum Gasteiger partial charge on any atom is 0.123 e. The number of rotatable bonds is 3. The molecule has 0 bridgehead atoms. The van der Waals surface area contributed by atoms with E-state index in [2.05, 4.69) is 12.2 Å². The van der Waals surface area contributed by atoms with Crippen LogP contribution in [0.5, 0.6) is 0 Å². The minimum atomic E-state index is -0.164. The van der Waals surface area contributed by atoms with Crippen molar-refractivity contribution < 1.29 is 9.13 Å². The van der Waals surface area contributed by atoms with Crippen molar-refractivity contribution in [2.75, 3.05) is 20.3 Å². The van der Waals surface area contributed by atoms with Crippen molar-refractivity contribution in [1.29, 1.82) is 0 Å². The van der Waals surface area contributed by atoms with Gasteiger partial charge >= 0.3 is 0 Å². The largest absolute Gasteiger partial charge is 0.381 e. The van der Waals surface area contributed by atoms with Crippen molar-refractivity contribution >= 4 is 0 Å². The molecule has 1 fully saturated rings. The smallest absolute Gasteiger partial charge is 0.123 e. The second kappa shape index (κ2) is 5.61. The van der Waals surface area contributed by atoms with Crippen molar-refractivity contribution in [3.63, 3.8) is 0 Å². The van der Waals surface area contributed by atoms with E-state index in [0.717, 1.165) is 25.2 Å². The third kappa shape index (κ3) is 2.85. The first-order valence-corrected chi connectivity index (χ1v) is 6.23. The Morgan fingerprint density at radius 1 is 1.47 bits per heavy atom. The normalized spacial score (nSPS) is 26.8. The predicted octanol–water partition coefficient (Wildman–Crippen LogP) is 2.76. The summed E-state index contributed by atoms with van der Waals surface area (Å²) >= 11 is 0. The summed E-state index contributed by atoms with van der Waals surface area (Å²) in [6.07, 6.45) is 1.03. The first kappa shape index (κ1) is 12.5. The fourth-order valence-electron chi connectivity index (χ4n) is 2.72. The summed E-state index contributed by atoms with van der Waals surface area (Å²) in [6, 6.07) is 7.10. The minimum absolute atomic E-state index is 0.164. The molecule has 1 N–H and O–H groups in total. The minimum Gasteiger partial charge on any atom is -0.381 e. The fraction of sp³-hybridized carbons (Fsp3) is 0.571. The number of ether oxygens (including phenoxy) is 1. The first-order valence-electron chi connectivity index (χ1n) is 6.23. The Balaban J connectivity index is 2.20. The lowest BCUT2D eigenvalue weighted by molar-refractivity contribution is 0.0115. The van der Waals surface area contributed by atoms with Gasteiger partial charge in [0.05, 0.1) is 0 Å². The molecule has 1 heterocycles. The molecule has 1 saturated heterocycles. The summed E-state index contributed by atoms with van der Waals surface area (Å²) in [5, 5.41) is 3.32. The van der Waals surface area contributed by atoms with Crippen LogP contribution in [0.25, 0.3) is 0 Å². The molecule has 94 valence electrons. The monoisotopic (exact) mass is 237 g/mol. The van der Waals surface area contributed by atoms with Gasteiger partial charge in [-0.3, -0.25) is 0 Å². The fourth-order valence-corrected chi connectivity index (χ4v) is 2.72. The van der Waals surface area contributed by atoms with Gasteiger partial charge in [-0.05, 0) is 43.0 Å². The molecule has 3 atom stereocenters. The highest BCUT2D eigenvalue weighted by molar-refractivity contribution is 5.21. The van der Waals surface area contributed by atoms with Gasteiger partial charge in [0.25, 0.3) is 0 Å². The Hall–Kier alpha value is -0.930. The van der Waals surface area contributed by atoms with Crippen LogP contribution in [0.2, 0.25) is 0 Å². The van der Waals surface area contributed by atoms with Crippen LogP contribution in [0.1, 0.15) is 24.9 Å². The Bertz CT molecular complexity index is 369. The van der Waals surface area contributed by atoms with Crippen LogP contribution < -0.4 is 5.32 Å². The highest BCUT2D eigenvalue weighted by atomic mass is 19.1. The molecule has 2 nitrogen and oxygen atoms in total. The molecular weight excluding hydrogens is 217 g/mol. The maximum atomic E-state index is 13.3. The molecule has 3 unspecified atom stereocenters. The van der Waals surface area contributed by atoms with E-state index in [1.807, 2.05) is 13.1 Å². The molecule has 1 aromatic carbocycles. The lowest BCUT2D eigenvalue weighted by Crippen LogP contribution is -2.35. The topological polar surface area (TPSA) is 21.3 Å². The van der Waals surface area contributed by atoms with Gasteiger partial charge in [0.2, 0.25) is 0 Å². The van der Waals surface area contributed by atoms with Crippen molar-refractivity contribution in [1.82, 2.24) is 5.32 Å². The van der Waals surface area contributed by atoms with Gasteiger partial charge in [-0.1, -0.05) is 19.1 Å². The summed E-state index contributed by atoms with van der Waals surface area (Å²) in [4.78, 5) is 0. The van der Waals surface area contributed by atoms with E-state index in [-0.39, 0.29) is 11.9 Å². The lowest BCUT2D eigenvalue weighted by Gasteiger charge is -2.35. The molecule has 0 saturated carbocycles. The molecule has 1 aliphatic heterocycles. The van der Waals surface area contributed by atoms with Crippen LogP contribution >= 0.6 is 0 Å². The van der Waals surface area contributed by atoms with Crippen LogP contribution in [0.4, 0.5) is 4.39 Å².